The van der Waals surface area contributed by atoms with Crippen molar-refractivity contribution in [3.05, 3.63) is 46.2 Å². The van der Waals surface area contributed by atoms with Gasteiger partial charge in [-0.15, -0.1) is 11.3 Å². The van der Waals surface area contributed by atoms with Crippen LogP contribution in [0.25, 0.3) is 10.9 Å². The van der Waals surface area contributed by atoms with Crippen LogP contribution < -0.4 is 4.90 Å². The Morgan fingerprint density at radius 3 is 2.44 bits per heavy atom. The second-order valence-electron chi connectivity index (χ2n) is 6.51. The third kappa shape index (κ3) is 3.89. The van der Waals surface area contributed by atoms with Gasteiger partial charge in [0.2, 0.25) is 5.82 Å². The topological polar surface area (TPSA) is 45.2 Å². The number of benzene rings is 1. The number of nitrogens with zero attached hydrogens (tertiary/aromatic N) is 5. The van der Waals surface area contributed by atoms with Crippen LogP contribution in [-0.2, 0) is 12.7 Å². The number of hydrogen-bond donors (Lipinski definition) is 0. The average Bonchev–Trinajstić information content (AvgIpc) is 3.05. The van der Waals surface area contributed by atoms with Crippen molar-refractivity contribution in [1.29, 1.82) is 0 Å². The smallest absolute Gasteiger partial charge is 0.353 e. The summed E-state index contributed by atoms with van der Waals surface area (Å²) < 4.78 is 39.6. The summed E-state index contributed by atoms with van der Waals surface area (Å²) in [6.45, 7) is 5.45. The number of hydrogen-bond acceptors (Lipinski definition) is 6. The molecule has 0 bridgehead atoms. The predicted molar refractivity (Wildman–Crippen MR) is 98.9 cm³/mol. The highest BCUT2D eigenvalue weighted by molar-refractivity contribution is 7.09. The number of rotatable bonds is 3. The Balaban J connectivity index is 1.56. The van der Waals surface area contributed by atoms with Gasteiger partial charge < -0.3 is 4.90 Å². The Morgan fingerprint density at radius 2 is 1.78 bits per heavy atom. The van der Waals surface area contributed by atoms with E-state index in [9.17, 15) is 13.2 Å². The third-order valence-corrected chi connectivity index (χ3v) is 5.38. The molecule has 142 valence electrons. The lowest BCUT2D eigenvalue weighted by Crippen LogP contribution is -2.46. The van der Waals surface area contributed by atoms with Crippen LogP contribution in [0.1, 0.15) is 16.5 Å². The molecule has 1 saturated heterocycles. The number of fused-ring (bicyclic) bond motifs is 1. The number of para-hydroxylation sites is 1. The molecule has 0 unspecified atom stereocenters. The van der Waals surface area contributed by atoms with E-state index in [2.05, 4.69) is 25.2 Å². The minimum atomic E-state index is -4.57. The van der Waals surface area contributed by atoms with E-state index in [0.717, 1.165) is 30.3 Å². The summed E-state index contributed by atoms with van der Waals surface area (Å²) in [5, 5.41) is 3.74. The second-order valence-corrected chi connectivity index (χ2v) is 7.57. The van der Waals surface area contributed by atoms with Crippen LogP contribution in [0.5, 0.6) is 0 Å². The summed E-state index contributed by atoms with van der Waals surface area (Å²) in [7, 11) is 0. The van der Waals surface area contributed by atoms with E-state index < -0.39 is 12.0 Å². The second kappa shape index (κ2) is 7.05. The lowest BCUT2D eigenvalue weighted by molar-refractivity contribution is -0.144. The molecule has 3 aromatic rings. The zero-order chi connectivity index (χ0) is 19.0. The quantitative estimate of drug-likeness (QED) is 0.678. The van der Waals surface area contributed by atoms with Gasteiger partial charge in [0.05, 0.1) is 16.2 Å². The van der Waals surface area contributed by atoms with Crippen molar-refractivity contribution in [1.82, 2.24) is 19.9 Å². The molecule has 1 aliphatic heterocycles. The average molecular weight is 393 g/mol. The maximum absolute atomic E-state index is 13.2. The molecule has 2 aromatic heterocycles. The number of aromatic nitrogens is 3. The molecular weight excluding hydrogens is 375 g/mol. The molecule has 0 aliphatic carbocycles. The largest absolute Gasteiger partial charge is 0.451 e. The first-order valence-electron chi connectivity index (χ1n) is 8.62. The molecule has 4 rings (SSSR count). The summed E-state index contributed by atoms with van der Waals surface area (Å²) in [5.74, 6) is -0.728. The molecule has 0 saturated carbocycles. The van der Waals surface area contributed by atoms with Crippen LogP contribution >= 0.6 is 11.3 Å². The predicted octanol–water partition coefficient (Wildman–Crippen LogP) is 3.74. The van der Waals surface area contributed by atoms with Crippen molar-refractivity contribution in [2.45, 2.75) is 19.6 Å². The van der Waals surface area contributed by atoms with Crippen molar-refractivity contribution in [2.24, 2.45) is 0 Å². The molecule has 0 spiro atoms. The van der Waals surface area contributed by atoms with Crippen LogP contribution in [0, 0.1) is 6.92 Å². The van der Waals surface area contributed by atoms with E-state index in [1.165, 1.54) is 0 Å². The molecule has 0 amide bonds. The van der Waals surface area contributed by atoms with Gasteiger partial charge in [0, 0.05) is 43.5 Å². The zero-order valence-corrected chi connectivity index (χ0v) is 15.5. The number of thiazole rings is 1. The number of aryl methyl sites for hydroxylation is 1. The Morgan fingerprint density at radius 1 is 1.04 bits per heavy atom. The van der Waals surface area contributed by atoms with Crippen LogP contribution in [-0.4, -0.2) is 46.0 Å². The molecule has 0 radical (unpaired) electrons. The minimum absolute atomic E-state index is 0.315. The van der Waals surface area contributed by atoms with Crippen molar-refractivity contribution >= 4 is 28.1 Å². The highest BCUT2D eigenvalue weighted by Crippen LogP contribution is 2.32. The molecule has 1 aliphatic rings. The van der Waals surface area contributed by atoms with Gasteiger partial charge in [-0.2, -0.15) is 13.2 Å². The molecule has 0 atom stereocenters. The molecule has 9 heteroatoms. The van der Waals surface area contributed by atoms with Gasteiger partial charge in [0.1, 0.15) is 5.82 Å². The van der Waals surface area contributed by atoms with Crippen LogP contribution in [0.4, 0.5) is 19.0 Å². The summed E-state index contributed by atoms with van der Waals surface area (Å²) in [6.07, 6.45) is -4.57. The lowest BCUT2D eigenvalue weighted by Gasteiger charge is -2.35. The van der Waals surface area contributed by atoms with Crippen LogP contribution in [0.3, 0.4) is 0 Å². The molecule has 1 fully saturated rings. The van der Waals surface area contributed by atoms with Crippen molar-refractivity contribution in [3.63, 3.8) is 0 Å². The Kier molecular flexibility index (Phi) is 4.73. The highest BCUT2D eigenvalue weighted by Gasteiger charge is 2.36. The van der Waals surface area contributed by atoms with E-state index in [1.54, 1.807) is 35.6 Å². The fourth-order valence-corrected chi connectivity index (χ4v) is 3.86. The van der Waals surface area contributed by atoms with Crippen molar-refractivity contribution in [2.75, 3.05) is 31.1 Å². The fourth-order valence-electron chi connectivity index (χ4n) is 3.26. The molecule has 27 heavy (non-hydrogen) atoms. The maximum Gasteiger partial charge on any atom is 0.451 e. The van der Waals surface area contributed by atoms with Gasteiger partial charge in [-0.05, 0) is 19.1 Å². The molecule has 0 N–H and O–H groups in total. The van der Waals surface area contributed by atoms with Crippen LogP contribution in [0.2, 0.25) is 0 Å². The first-order valence-corrected chi connectivity index (χ1v) is 9.50. The molecule has 3 heterocycles. The van der Waals surface area contributed by atoms with E-state index in [0.29, 0.717) is 29.8 Å². The summed E-state index contributed by atoms with van der Waals surface area (Å²) in [5.41, 5.74) is 1.35. The van der Waals surface area contributed by atoms with Gasteiger partial charge in [-0.3, -0.25) is 4.90 Å². The van der Waals surface area contributed by atoms with Gasteiger partial charge in [-0.25, -0.2) is 15.0 Å². The third-order valence-electron chi connectivity index (χ3n) is 4.56. The maximum atomic E-state index is 13.2. The minimum Gasteiger partial charge on any atom is -0.353 e. The Hall–Kier alpha value is -2.26. The number of anilines is 1. The Bertz CT molecular complexity index is 948. The van der Waals surface area contributed by atoms with Gasteiger partial charge in [-0.1, -0.05) is 12.1 Å². The Labute approximate surface area is 158 Å². The number of piperazine rings is 1. The SMILES string of the molecule is Cc1nc(CN2CCN(c3nc(C(F)(F)F)nc4ccccc34)CC2)cs1. The van der Waals surface area contributed by atoms with Gasteiger partial charge in [0.15, 0.2) is 0 Å². The molecule has 1 aromatic carbocycles. The highest BCUT2D eigenvalue weighted by atomic mass is 32.1. The first-order chi connectivity index (χ1) is 12.9. The summed E-state index contributed by atoms with van der Waals surface area (Å²) in [4.78, 5) is 16.2. The molecule has 5 nitrogen and oxygen atoms in total. The molecular formula is C18H18F3N5S. The summed E-state index contributed by atoms with van der Waals surface area (Å²) in [6, 6.07) is 6.85. The van der Waals surface area contributed by atoms with E-state index in [-0.39, 0.29) is 0 Å². The van der Waals surface area contributed by atoms with E-state index in [4.69, 9.17) is 0 Å². The fraction of sp³-hybridized carbons (Fsp3) is 0.389. The number of alkyl halides is 3. The van der Waals surface area contributed by atoms with E-state index in [1.807, 2.05) is 11.8 Å². The lowest BCUT2D eigenvalue weighted by atomic mass is 10.2. The normalized spacial score (nSPS) is 16.2. The first kappa shape index (κ1) is 18.1. The monoisotopic (exact) mass is 393 g/mol. The number of halogens is 3. The van der Waals surface area contributed by atoms with Crippen LogP contribution in [0.15, 0.2) is 29.6 Å². The van der Waals surface area contributed by atoms with Crippen molar-refractivity contribution in [3.8, 4) is 0 Å². The van der Waals surface area contributed by atoms with Gasteiger partial charge >= 0.3 is 6.18 Å². The zero-order valence-electron chi connectivity index (χ0n) is 14.7. The summed E-state index contributed by atoms with van der Waals surface area (Å²) >= 11 is 1.62. The standard InChI is InChI=1S/C18H18F3N5S/c1-12-22-13(11-27-12)10-25-6-8-26(9-7-25)16-14-4-2-3-5-15(14)23-17(24-16)18(19,20)21/h2-5,11H,6-10H2,1H3. The van der Waals surface area contributed by atoms with E-state index >= 15 is 0 Å². The van der Waals surface area contributed by atoms with Crippen molar-refractivity contribution < 1.29 is 13.2 Å². The van der Waals surface area contributed by atoms with Gasteiger partial charge in [0.25, 0.3) is 0 Å².